The van der Waals surface area contributed by atoms with E-state index in [1.165, 1.54) is 0 Å². The van der Waals surface area contributed by atoms with Crippen molar-refractivity contribution in [2.75, 3.05) is 5.73 Å². The van der Waals surface area contributed by atoms with Gasteiger partial charge in [-0.1, -0.05) is 18.2 Å². The van der Waals surface area contributed by atoms with Crippen molar-refractivity contribution in [2.24, 2.45) is 0 Å². The van der Waals surface area contributed by atoms with Gasteiger partial charge in [-0.15, -0.1) is 0 Å². The Labute approximate surface area is 111 Å². The second kappa shape index (κ2) is 4.86. The molecule has 0 radical (unpaired) electrons. The molecule has 0 saturated carbocycles. The van der Waals surface area contributed by atoms with Crippen LogP contribution in [0.1, 0.15) is 0 Å². The maximum atomic E-state index is 5.69. The lowest BCUT2D eigenvalue weighted by Gasteiger charge is -2.04. The zero-order valence-corrected chi connectivity index (χ0v) is 10.2. The Balaban J connectivity index is 2.06. The summed E-state index contributed by atoms with van der Waals surface area (Å²) in [4.78, 5) is 13.1. The Morgan fingerprint density at radius 2 is 1.26 bits per heavy atom. The number of nitrogens with zero attached hydrogens (tertiary/aromatic N) is 3. The molecule has 4 heteroatoms. The van der Waals surface area contributed by atoms with Gasteiger partial charge in [0.2, 0.25) is 0 Å². The number of aromatic nitrogens is 3. The van der Waals surface area contributed by atoms with Gasteiger partial charge < -0.3 is 5.73 Å². The van der Waals surface area contributed by atoms with Crippen molar-refractivity contribution < 1.29 is 0 Å². The third-order valence-electron chi connectivity index (χ3n) is 2.71. The molecule has 0 aliphatic rings. The SMILES string of the molecule is Nc1cccc(-c2cccc(-c3ccccn3)n2)n1. The lowest BCUT2D eigenvalue weighted by atomic mass is 10.2. The minimum Gasteiger partial charge on any atom is -0.384 e. The molecule has 0 saturated heterocycles. The topological polar surface area (TPSA) is 64.7 Å². The number of nitrogen functional groups attached to an aromatic ring is 1. The van der Waals surface area contributed by atoms with E-state index in [0.717, 1.165) is 22.8 Å². The summed E-state index contributed by atoms with van der Waals surface area (Å²) in [7, 11) is 0. The van der Waals surface area contributed by atoms with Crippen molar-refractivity contribution in [2.45, 2.75) is 0 Å². The van der Waals surface area contributed by atoms with Crippen molar-refractivity contribution in [3.8, 4) is 22.8 Å². The minimum atomic E-state index is 0.488. The highest BCUT2D eigenvalue weighted by Crippen LogP contribution is 2.20. The summed E-state index contributed by atoms with van der Waals surface area (Å²) in [5.41, 5.74) is 8.91. The van der Waals surface area contributed by atoms with E-state index < -0.39 is 0 Å². The highest BCUT2D eigenvalue weighted by atomic mass is 14.9. The van der Waals surface area contributed by atoms with Crippen LogP contribution in [0.25, 0.3) is 22.8 Å². The van der Waals surface area contributed by atoms with Gasteiger partial charge in [0.15, 0.2) is 0 Å². The standard InChI is InChI=1S/C15H12N4/c16-15-9-4-8-14(19-15)13-7-3-6-12(18-13)11-5-1-2-10-17-11/h1-10H,(H2,16,19). The van der Waals surface area contributed by atoms with Crippen molar-refractivity contribution in [1.29, 1.82) is 0 Å². The molecule has 0 aliphatic carbocycles. The molecule has 3 heterocycles. The molecule has 0 aromatic carbocycles. The summed E-state index contributed by atoms with van der Waals surface area (Å²) >= 11 is 0. The van der Waals surface area contributed by atoms with Gasteiger partial charge in [-0.05, 0) is 36.4 Å². The van der Waals surface area contributed by atoms with E-state index in [1.54, 1.807) is 12.3 Å². The first-order valence-electron chi connectivity index (χ1n) is 5.94. The van der Waals surface area contributed by atoms with Crippen LogP contribution in [0.5, 0.6) is 0 Å². The van der Waals surface area contributed by atoms with Crippen LogP contribution < -0.4 is 5.73 Å². The number of hydrogen-bond acceptors (Lipinski definition) is 4. The molecule has 0 atom stereocenters. The van der Waals surface area contributed by atoms with E-state index in [0.29, 0.717) is 5.82 Å². The Bertz CT molecular complexity index is 695. The van der Waals surface area contributed by atoms with Crippen molar-refractivity contribution in [3.05, 3.63) is 60.8 Å². The molecule has 19 heavy (non-hydrogen) atoms. The summed E-state index contributed by atoms with van der Waals surface area (Å²) in [6.07, 6.45) is 1.75. The third kappa shape index (κ3) is 2.42. The maximum absolute atomic E-state index is 5.69. The minimum absolute atomic E-state index is 0.488. The fourth-order valence-corrected chi connectivity index (χ4v) is 1.83. The average molecular weight is 248 g/mol. The molecular formula is C15H12N4. The van der Waals surface area contributed by atoms with Gasteiger partial charge in [-0.2, -0.15) is 0 Å². The molecule has 0 bridgehead atoms. The predicted octanol–water partition coefficient (Wildman–Crippen LogP) is 2.79. The van der Waals surface area contributed by atoms with E-state index in [2.05, 4.69) is 15.0 Å². The van der Waals surface area contributed by atoms with Gasteiger partial charge in [-0.25, -0.2) is 9.97 Å². The molecule has 2 N–H and O–H groups in total. The van der Waals surface area contributed by atoms with Crippen molar-refractivity contribution in [1.82, 2.24) is 15.0 Å². The van der Waals surface area contributed by atoms with Gasteiger partial charge in [0.25, 0.3) is 0 Å². The molecular weight excluding hydrogens is 236 g/mol. The summed E-state index contributed by atoms with van der Waals surface area (Å²) in [6, 6.07) is 17.0. The summed E-state index contributed by atoms with van der Waals surface area (Å²) in [5, 5.41) is 0. The second-order valence-electron chi connectivity index (χ2n) is 4.07. The Hall–Kier alpha value is -2.75. The first-order valence-corrected chi connectivity index (χ1v) is 5.94. The summed E-state index contributed by atoms with van der Waals surface area (Å²) < 4.78 is 0. The number of nitrogens with two attached hydrogens (primary N) is 1. The largest absolute Gasteiger partial charge is 0.384 e. The van der Waals surface area contributed by atoms with E-state index in [4.69, 9.17) is 5.73 Å². The van der Waals surface area contributed by atoms with Crippen LogP contribution in [0.15, 0.2) is 60.8 Å². The molecule has 3 aromatic heterocycles. The monoisotopic (exact) mass is 248 g/mol. The zero-order valence-electron chi connectivity index (χ0n) is 10.2. The first kappa shape index (κ1) is 11.3. The first-order chi connectivity index (χ1) is 9.33. The summed E-state index contributed by atoms with van der Waals surface area (Å²) in [6.45, 7) is 0. The lowest BCUT2D eigenvalue weighted by molar-refractivity contribution is 1.22. The number of pyridine rings is 3. The smallest absolute Gasteiger partial charge is 0.124 e. The van der Waals surface area contributed by atoms with Crippen LogP contribution >= 0.6 is 0 Å². The highest BCUT2D eigenvalue weighted by molar-refractivity contribution is 5.62. The predicted molar refractivity (Wildman–Crippen MR) is 75.1 cm³/mol. The van der Waals surface area contributed by atoms with Crippen molar-refractivity contribution >= 4 is 5.82 Å². The molecule has 0 amide bonds. The molecule has 3 rings (SSSR count). The fraction of sp³-hybridized carbons (Fsp3) is 0. The lowest BCUT2D eigenvalue weighted by Crippen LogP contribution is -1.94. The van der Waals surface area contributed by atoms with Crippen LogP contribution in [0.3, 0.4) is 0 Å². The Morgan fingerprint density at radius 3 is 1.95 bits per heavy atom. The van der Waals surface area contributed by atoms with Gasteiger partial charge in [0.05, 0.1) is 22.8 Å². The van der Waals surface area contributed by atoms with Gasteiger partial charge in [0.1, 0.15) is 5.82 Å². The molecule has 92 valence electrons. The molecule has 4 nitrogen and oxygen atoms in total. The third-order valence-corrected chi connectivity index (χ3v) is 2.71. The Kier molecular flexibility index (Phi) is 2.90. The quantitative estimate of drug-likeness (QED) is 0.757. The van der Waals surface area contributed by atoms with E-state index in [-0.39, 0.29) is 0 Å². The normalized spacial score (nSPS) is 10.3. The molecule has 0 spiro atoms. The van der Waals surface area contributed by atoms with E-state index in [9.17, 15) is 0 Å². The molecule has 3 aromatic rings. The molecule has 0 fully saturated rings. The van der Waals surface area contributed by atoms with Crippen LogP contribution in [0, 0.1) is 0 Å². The summed E-state index contributed by atoms with van der Waals surface area (Å²) in [5.74, 6) is 0.488. The molecule has 0 unspecified atom stereocenters. The maximum Gasteiger partial charge on any atom is 0.124 e. The fourth-order valence-electron chi connectivity index (χ4n) is 1.83. The van der Waals surface area contributed by atoms with Crippen molar-refractivity contribution in [3.63, 3.8) is 0 Å². The van der Waals surface area contributed by atoms with Crippen LogP contribution in [0.2, 0.25) is 0 Å². The average Bonchev–Trinajstić information content (AvgIpc) is 2.48. The zero-order chi connectivity index (χ0) is 13.1. The number of anilines is 1. The van der Waals surface area contributed by atoms with E-state index in [1.807, 2.05) is 48.5 Å². The van der Waals surface area contributed by atoms with Crippen LogP contribution in [-0.4, -0.2) is 15.0 Å². The van der Waals surface area contributed by atoms with Gasteiger partial charge >= 0.3 is 0 Å². The van der Waals surface area contributed by atoms with Crippen LogP contribution in [-0.2, 0) is 0 Å². The van der Waals surface area contributed by atoms with E-state index >= 15 is 0 Å². The number of hydrogen-bond donors (Lipinski definition) is 1. The Morgan fingerprint density at radius 1 is 0.632 bits per heavy atom. The van der Waals surface area contributed by atoms with Crippen LogP contribution in [0.4, 0.5) is 5.82 Å². The van der Waals surface area contributed by atoms with Gasteiger partial charge in [-0.3, -0.25) is 4.98 Å². The molecule has 0 aliphatic heterocycles. The number of rotatable bonds is 2. The van der Waals surface area contributed by atoms with Gasteiger partial charge in [0, 0.05) is 6.20 Å². The second-order valence-corrected chi connectivity index (χ2v) is 4.07. The highest BCUT2D eigenvalue weighted by Gasteiger charge is 2.05.